The lowest BCUT2D eigenvalue weighted by atomic mass is 10.0. The molecule has 0 saturated heterocycles. The summed E-state index contributed by atoms with van der Waals surface area (Å²) in [6.07, 6.45) is 46.5. The maximum absolute atomic E-state index is 12.9. The summed E-state index contributed by atoms with van der Waals surface area (Å²) >= 11 is 0. The van der Waals surface area contributed by atoms with Crippen molar-refractivity contribution in [2.75, 3.05) is 5.32 Å². The fraction of sp³-hybridized carbons (Fsp3) is 0.810. The van der Waals surface area contributed by atoms with Gasteiger partial charge in [-0.1, -0.05) is 161 Å². The first-order chi connectivity index (χ1) is 22.6. The lowest BCUT2D eigenvalue weighted by Gasteiger charge is -2.11. The lowest BCUT2D eigenvalue weighted by Crippen LogP contribution is -2.21. The van der Waals surface area contributed by atoms with Crippen LogP contribution in [0.5, 0.6) is 0 Å². The third-order valence-corrected chi connectivity index (χ3v) is 9.43. The Morgan fingerprint density at radius 3 is 1.48 bits per heavy atom. The Bertz CT molecular complexity index is 870. The SMILES string of the molecule is CCCCCCCC/C=C\CCCCCCCCc1nc(CC)c(NC(=O)C(C)CCCCCC/C=C\CCCCCCCC)[nH]1. The molecule has 1 atom stereocenters. The number of aryl methyl sites for hydroxylation is 2. The molecule has 1 rings (SSSR count). The van der Waals surface area contributed by atoms with Gasteiger partial charge in [0.25, 0.3) is 0 Å². The van der Waals surface area contributed by atoms with E-state index in [1.807, 2.05) is 0 Å². The molecule has 0 fully saturated rings. The highest BCUT2D eigenvalue weighted by Gasteiger charge is 2.16. The van der Waals surface area contributed by atoms with Crippen molar-refractivity contribution in [3.05, 3.63) is 35.8 Å². The van der Waals surface area contributed by atoms with Crippen LogP contribution in [-0.4, -0.2) is 15.9 Å². The van der Waals surface area contributed by atoms with E-state index in [-0.39, 0.29) is 11.8 Å². The zero-order chi connectivity index (χ0) is 33.3. The smallest absolute Gasteiger partial charge is 0.228 e. The van der Waals surface area contributed by atoms with E-state index in [1.54, 1.807) is 0 Å². The minimum Gasteiger partial charge on any atom is -0.328 e. The maximum Gasteiger partial charge on any atom is 0.228 e. The number of aromatic nitrogens is 2. The van der Waals surface area contributed by atoms with Gasteiger partial charge in [0.2, 0.25) is 5.91 Å². The number of amides is 1. The number of carbonyl (C=O) groups is 1. The van der Waals surface area contributed by atoms with Crippen LogP contribution in [0.4, 0.5) is 5.82 Å². The molecule has 1 aromatic rings. The first kappa shape index (κ1) is 42.2. The van der Waals surface area contributed by atoms with Crippen LogP contribution in [0.2, 0.25) is 0 Å². The Morgan fingerprint density at radius 1 is 0.609 bits per heavy atom. The monoisotopic (exact) mass is 640 g/mol. The molecule has 0 saturated carbocycles. The van der Waals surface area contributed by atoms with E-state index in [1.165, 1.54) is 154 Å². The predicted octanol–water partition coefficient (Wildman–Crippen LogP) is 13.8. The molecular formula is C42H77N3O. The molecule has 2 N–H and O–H groups in total. The fourth-order valence-corrected chi connectivity index (χ4v) is 6.20. The number of H-pyrrole nitrogens is 1. The molecule has 1 heterocycles. The van der Waals surface area contributed by atoms with Gasteiger partial charge in [0.15, 0.2) is 0 Å². The third-order valence-electron chi connectivity index (χ3n) is 9.43. The zero-order valence-corrected chi connectivity index (χ0v) is 31.2. The van der Waals surface area contributed by atoms with Gasteiger partial charge in [-0.3, -0.25) is 4.79 Å². The van der Waals surface area contributed by atoms with Gasteiger partial charge in [0.05, 0.1) is 5.69 Å². The second-order valence-electron chi connectivity index (χ2n) is 14.0. The largest absolute Gasteiger partial charge is 0.328 e. The summed E-state index contributed by atoms with van der Waals surface area (Å²) in [5, 5.41) is 3.17. The number of unbranched alkanes of at least 4 members (excludes halogenated alkanes) is 22. The number of aromatic amines is 1. The van der Waals surface area contributed by atoms with Crippen LogP contribution in [-0.2, 0) is 17.6 Å². The van der Waals surface area contributed by atoms with Gasteiger partial charge in [-0.05, 0) is 70.6 Å². The van der Waals surface area contributed by atoms with E-state index in [0.29, 0.717) is 0 Å². The van der Waals surface area contributed by atoms with Crippen LogP contribution in [0.1, 0.15) is 213 Å². The zero-order valence-electron chi connectivity index (χ0n) is 31.2. The Morgan fingerprint density at radius 2 is 1.02 bits per heavy atom. The maximum atomic E-state index is 12.9. The number of nitrogens with one attached hydrogen (secondary N) is 2. The van der Waals surface area contributed by atoms with Crippen LogP contribution < -0.4 is 5.32 Å². The van der Waals surface area contributed by atoms with E-state index >= 15 is 0 Å². The van der Waals surface area contributed by atoms with Crippen LogP contribution in [0.3, 0.4) is 0 Å². The van der Waals surface area contributed by atoms with Crippen molar-refractivity contribution < 1.29 is 4.79 Å². The molecule has 4 heteroatoms. The van der Waals surface area contributed by atoms with Crippen molar-refractivity contribution in [2.45, 2.75) is 214 Å². The van der Waals surface area contributed by atoms with Crippen molar-refractivity contribution in [1.29, 1.82) is 0 Å². The van der Waals surface area contributed by atoms with Gasteiger partial charge in [0.1, 0.15) is 11.6 Å². The molecule has 266 valence electrons. The van der Waals surface area contributed by atoms with Crippen LogP contribution in [0.15, 0.2) is 24.3 Å². The minimum atomic E-state index is 0.0319. The molecule has 0 aliphatic carbocycles. The molecule has 0 aliphatic rings. The molecule has 0 radical (unpaired) electrons. The summed E-state index contributed by atoms with van der Waals surface area (Å²) in [6, 6.07) is 0. The Balaban J connectivity index is 2.08. The van der Waals surface area contributed by atoms with E-state index in [9.17, 15) is 4.79 Å². The minimum absolute atomic E-state index is 0.0319. The average Bonchev–Trinajstić information content (AvgIpc) is 3.45. The highest BCUT2D eigenvalue weighted by molar-refractivity contribution is 5.91. The van der Waals surface area contributed by atoms with Crippen molar-refractivity contribution in [3.63, 3.8) is 0 Å². The molecule has 1 aromatic heterocycles. The fourth-order valence-electron chi connectivity index (χ4n) is 6.20. The summed E-state index contributed by atoms with van der Waals surface area (Å²) in [6.45, 7) is 8.74. The first-order valence-corrected chi connectivity index (χ1v) is 20.3. The highest BCUT2D eigenvalue weighted by atomic mass is 16.1. The van der Waals surface area contributed by atoms with Crippen LogP contribution in [0, 0.1) is 5.92 Å². The number of allylic oxidation sites excluding steroid dienone is 4. The highest BCUT2D eigenvalue weighted by Crippen LogP contribution is 2.19. The molecule has 0 aliphatic heterocycles. The number of anilines is 1. The Labute approximate surface area is 286 Å². The van der Waals surface area contributed by atoms with Gasteiger partial charge in [-0.2, -0.15) is 0 Å². The number of rotatable bonds is 33. The van der Waals surface area contributed by atoms with Crippen molar-refractivity contribution in [1.82, 2.24) is 9.97 Å². The van der Waals surface area contributed by atoms with E-state index in [2.05, 4.69) is 62.3 Å². The van der Waals surface area contributed by atoms with Gasteiger partial charge in [0, 0.05) is 12.3 Å². The number of imidazole rings is 1. The van der Waals surface area contributed by atoms with Gasteiger partial charge in [-0.25, -0.2) is 4.98 Å². The molecule has 0 aromatic carbocycles. The lowest BCUT2D eigenvalue weighted by molar-refractivity contribution is -0.119. The summed E-state index contributed by atoms with van der Waals surface area (Å²) in [5.41, 5.74) is 0.990. The van der Waals surface area contributed by atoms with Gasteiger partial charge >= 0.3 is 0 Å². The third kappa shape index (κ3) is 24.3. The standard InChI is InChI=1S/C42H77N3O/c1-5-8-10-12-14-16-18-20-22-23-25-27-29-31-33-35-37-40-43-39(7-3)41(44-40)45-42(46)38(4)36-34-32-30-28-26-24-21-19-17-15-13-11-9-6-2/h20-22,24,38H,5-19,23,25-37H2,1-4H3,(H,43,44)(H,45,46)/b22-20-,24-21-. The molecule has 1 amide bonds. The normalized spacial score (nSPS) is 12.5. The van der Waals surface area contributed by atoms with Gasteiger partial charge < -0.3 is 10.3 Å². The second kappa shape index (κ2) is 31.7. The molecule has 4 nitrogen and oxygen atoms in total. The second-order valence-corrected chi connectivity index (χ2v) is 14.0. The Kier molecular flexibility index (Phi) is 29.1. The summed E-state index contributed by atoms with van der Waals surface area (Å²) < 4.78 is 0. The average molecular weight is 640 g/mol. The predicted molar refractivity (Wildman–Crippen MR) is 204 cm³/mol. The molecule has 0 spiro atoms. The van der Waals surface area contributed by atoms with Crippen LogP contribution >= 0.6 is 0 Å². The van der Waals surface area contributed by atoms with Crippen molar-refractivity contribution in [2.24, 2.45) is 5.92 Å². The van der Waals surface area contributed by atoms with Gasteiger partial charge in [-0.15, -0.1) is 0 Å². The quantitative estimate of drug-likeness (QED) is 0.0594. The van der Waals surface area contributed by atoms with Crippen molar-refractivity contribution in [3.8, 4) is 0 Å². The molecular weight excluding hydrogens is 562 g/mol. The number of carbonyl (C=O) groups excluding carboxylic acids is 1. The number of nitrogens with zero attached hydrogens (tertiary/aromatic N) is 1. The number of hydrogen-bond acceptors (Lipinski definition) is 2. The van der Waals surface area contributed by atoms with Crippen LogP contribution in [0.25, 0.3) is 0 Å². The van der Waals surface area contributed by atoms with E-state index in [4.69, 9.17) is 4.98 Å². The van der Waals surface area contributed by atoms with Crippen molar-refractivity contribution >= 4 is 11.7 Å². The number of hydrogen-bond donors (Lipinski definition) is 2. The van der Waals surface area contributed by atoms with E-state index in [0.717, 1.165) is 49.4 Å². The van der Waals surface area contributed by atoms with E-state index < -0.39 is 0 Å². The molecule has 0 bridgehead atoms. The Hall–Kier alpha value is -1.84. The molecule has 46 heavy (non-hydrogen) atoms. The summed E-state index contributed by atoms with van der Waals surface area (Å²) in [4.78, 5) is 21.1. The summed E-state index contributed by atoms with van der Waals surface area (Å²) in [7, 11) is 0. The summed E-state index contributed by atoms with van der Waals surface area (Å²) in [5.74, 6) is 2.01. The molecule has 1 unspecified atom stereocenters. The first-order valence-electron chi connectivity index (χ1n) is 20.3. The topological polar surface area (TPSA) is 57.8 Å².